The molecule has 0 spiro atoms. The second kappa shape index (κ2) is 26.5. The number of carbonyl (C=O) groups is 3. The lowest BCUT2D eigenvalue weighted by Gasteiger charge is -2.19. The predicted molar refractivity (Wildman–Crippen MR) is 156 cm³/mol. The van der Waals surface area contributed by atoms with E-state index in [-0.39, 0.29) is 36.5 Å². The van der Waals surface area contributed by atoms with Gasteiger partial charge in [-0.1, -0.05) is 117 Å². The van der Waals surface area contributed by atoms with Crippen LogP contribution in [0.2, 0.25) is 0 Å². The van der Waals surface area contributed by atoms with E-state index in [1.807, 2.05) is 0 Å². The fourth-order valence-corrected chi connectivity index (χ4v) is 4.48. The molecule has 0 radical (unpaired) electrons. The van der Waals surface area contributed by atoms with Crippen LogP contribution in [0.5, 0.6) is 0 Å². The molecule has 0 aromatic rings. The molecule has 0 rings (SSSR count). The van der Waals surface area contributed by atoms with Crippen molar-refractivity contribution in [3.63, 3.8) is 0 Å². The summed E-state index contributed by atoms with van der Waals surface area (Å²) < 4.78 is 10.9. The molecule has 2 atom stereocenters. The first-order chi connectivity index (χ1) is 17.9. The molecule has 0 saturated heterocycles. The number of Topliss-reactive ketones (excluding diaryl/α,β-unsaturated/α-hetero) is 1. The van der Waals surface area contributed by atoms with Gasteiger partial charge in [-0.2, -0.15) is 12.6 Å². The van der Waals surface area contributed by atoms with E-state index in [1.54, 1.807) is 0 Å². The SMILES string of the molecule is CCCCCCCCCCCC(=O)OC[C@@H](CC(=O)[C@@H](N)CS)OC(=O)CCCCCCCCCCC. The van der Waals surface area contributed by atoms with Gasteiger partial charge >= 0.3 is 11.9 Å². The summed E-state index contributed by atoms with van der Waals surface area (Å²) in [7, 11) is 0. The zero-order valence-electron chi connectivity index (χ0n) is 24.0. The monoisotopic (exact) mass is 543 g/mol. The predicted octanol–water partition coefficient (Wildman–Crippen LogP) is 7.50. The molecule has 0 fully saturated rings. The van der Waals surface area contributed by atoms with E-state index in [9.17, 15) is 14.4 Å². The molecule has 0 bridgehead atoms. The summed E-state index contributed by atoms with van der Waals surface area (Å²) in [6.45, 7) is 4.33. The molecule has 0 heterocycles. The minimum Gasteiger partial charge on any atom is -0.462 e. The number of unbranched alkanes of at least 4 members (excludes halogenated alkanes) is 16. The average Bonchev–Trinajstić information content (AvgIpc) is 2.89. The zero-order valence-corrected chi connectivity index (χ0v) is 24.9. The summed E-state index contributed by atoms with van der Waals surface area (Å²) in [4.78, 5) is 36.8. The Balaban J connectivity index is 4.21. The van der Waals surface area contributed by atoms with Gasteiger partial charge in [-0.3, -0.25) is 14.4 Å². The first-order valence-corrected chi connectivity index (χ1v) is 15.8. The summed E-state index contributed by atoms with van der Waals surface area (Å²) >= 11 is 4.07. The average molecular weight is 544 g/mol. The van der Waals surface area contributed by atoms with Crippen LogP contribution in [-0.2, 0) is 23.9 Å². The molecular weight excluding hydrogens is 486 g/mol. The van der Waals surface area contributed by atoms with Crippen molar-refractivity contribution in [2.75, 3.05) is 12.4 Å². The van der Waals surface area contributed by atoms with Crippen molar-refractivity contribution in [3.8, 4) is 0 Å². The van der Waals surface area contributed by atoms with Gasteiger partial charge in [-0.05, 0) is 12.8 Å². The molecule has 0 unspecified atom stereocenters. The van der Waals surface area contributed by atoms with Crippen molar-refractivity contribution < 1.29 is 23.9 Å². The zero-order chi connectivity index (χ0) is 27.6. The largest absolute Gasteiger partial charge is 0.462 e. The fraction of sp³-hybridized carbons (Fsp3) is 0.900. The van der Waals surface area contributed by atoms with Gasteiger partial charge in [0.05, 0.1) is 6.04 Å². The van der Waals surface area contributed by atoms with Crippen LogP contribution in [-0.4, -0.2) is 42.2 Å². The minimum atomic E-state index is -0.795. The highest BCUT2D eigenvalue weighted by Gasteiger charge is 2.23. The number of hydrogen-bond acceptors (Lipinski definition) is 7. The third-order valence-corrected chi connectivity index (χ3v) is 7.13. The lowest BCUT2D eigenvalue weighted by atomic mass is 10.1. The number of thiol groups is 1. The standard InChI is InChI=1S/C30H57NO5S/c1-3-5-7-9-11-13-15-17-19-21-29(33)35-24-26(23-28(32)27(31)25-37)36-30(34)22-20-18-16-14-12-10-8-6-4-2/h26-27,37H,3-25,31H2,1-2H3/t26-,27+/m1/s1. The second-order valence-corrected chi connectivity index (χ2v) is 10.8. The van der Waals surface area contributed by atoms with Gasteiger partial charge in [0.15, 0.2) is 5.78 Å². The van der Waals surface area contributed by atoms with Crippen LogP contribution in [0.25, 0.3) is 0 Å². The van der Waals surface area contributed by atoms with Gasteiger partial charge in [0.1, 0.15) is 12.7 Å². The number of ether oxygens (including phenoxy) is 2. The molecule has 0 aliphatic heterocycles. The topological polar surface area (TPSA) is 95.7 Å². The molecular formula is C30H57NO5S. The Kier molecular flexibility index (Phi) is 25.7. The third kappa shape index (κ3) is 23.7. The maximum absolute atomic E-state index is 12.4. The number of ketones is 1. The Morgan fingerprint density at radius 3 is 1.49 bits per heavy atom. The second-order valence-electron chi connectivity index (χ2n) is 10.4. The van der Waals surface area contributed by atoms with Crippen molar-refractivity contribution in [3.05, 3.63) is 0 Å². The highest BCUT2D eigenvalue weighted by Crippen LogP contribution is 2.14. The van der Waals surface area contributed by atoms with E-state index in [0.29, 0.717) is 12.8 Å². The number of rotatable bonds is 27. The minimum absolute atomic E-state index is 0.0590. The van der Waals surface area contributed by atoms with Crippen LogP contribution in [0.15, 0.2) is 0 Å². The number of esters is 2. The molecule has 0 aromatic carbocycles. The van der Waals surface area contributed by atoms with Crippen molar-refractivity contribution in [2.45, 2.75) is 161 Å². The van der Waals surface area contributed by atoms with Crippen molar-refractivity contribution in [1.29, 1.82) is 0 Å². The number of carbonyl (C=O) groups excluding carboxylic acids is 3. The molecule has 0 saturated carbocycles. The van der Waals surface area contributed by atoms with Crippen LogP contribution in [0, 0.1) is 0 Å². The Labute approximate surface area is 233 Å². The Bertz CT molecular complexity index is 572. The van der Waals surface area contributed by atoms with E-state index < -0.39 is 12.1 Å². The van der Waals surface area contributed by atoms with Gasteiger partial charge in [-0.25, -0.2) is 0 Å². The summed E-state index contributed by atoms with van der Waals surface area (Å²) in [5, 5.41) is 0. The van der Waals surface area contributed by atoms with E-state index in [1.165, 1.54) is 77.0 Å². The third-order valence-electron chi connectivity index (χ3n) is 6.74. The summed E-state index contributed by atoms with van der Waals surface area (Å²) in [5.74, 6) is -0.689. The normalized spacial score (nSPS) is 12.8. The van der Waals surface area contributed by atoms with Crippen LogP contribution in [0.3, 0.4) is 0 Å². The smallest absolute Gasteiger partial charge is 0.306 e. The van der Waals surface area contributed by atoms with Gasteiger partial charge in [0, 0.05) is 25.0 Å². The summed E-state index contributed by atoms with van der Waals surface area (Å²) in [6, 6.07) is -0.723. The molecule has 0 aromatic heterocycles. The van der Waals surface area contributed by atoms with Gasteiger partial charge in [0.25, 0.3) is 0 Å². The highest BCUT2D eigenvalue weighted by atomic mass is 32.1. The molecule has 0 aliphatic carbocycles. The van der Waals surface area contributed by atoms with E-state index in [4.69, 9.17) is 15.2 Å². The van der Waals surface area contributed by atoms with Gasteiger partial charge in [0.2, 0.25) is 0 Å². The van der Waals surface area contributed by atoms with Crippen LogP contribution in [0.4, 0.5) is 0 Å². The van der Waals surface area contributed by atoms with E-state index >= 15 is 0 Å². The molecule has 0 amide bonds. The van der Waals surface area contributed by atoms with Gasteiger partial charge < -0.3 is 15.2 Å². The molecule has 7 heteroatoms. The molecule has 6 nitrogen and oxygen atoms in total. The quantitative estimate of drug-likeness (QED) is 0.0633. The van der Waals surface area contributed by atoms with Crippen LogP contribution in [0.1, 0.15) is 149 Å². The number of nitrogens with two attached hydrogens (primary N) is 1. The Morgan fingerprint density at radius 1 is 0.649 bits per heavy atom. The van der Waals surface area contributed by atoms with Crippen molar-refractivity contribution in [2.24, 2.45) is 5.73 Å². The Morgan fingerprint density at radius 2 is 1.05 bits per heavy atom. The lowest BCUT2D eigenvalue weighted by molar-refractivity contribution is -0.160. The number of hydrogen-bond donors (Lipinski definition) is 2. The van der Waals surface area contributed by atoms with Gasteiger partial charge in [-0.15, -0.1) is 0 Å². The van der Waals surface area contributed by atoms with Crippen LogP contribution >= 0.6 is 12.6 Å². The molecule has 2 N–H and O–H groups in total. The molecule has 218 valence electrons. The summed E-state index contributed by atoms with van der Waals surface area (Å²) in [5.41, 5.74) is 5.78. The highest BCUT2D eigenvalue weighted by molar-refractivity contribution is 7.80. The van der Waals surface area contributed by atoms with Crippen LogP contribution < -0.4 is 5.73 Å². The lowest BCUT2D eigenvalue weighted by Crippen LogP contribution is -2.37. The maximum atomic E-state index is 12.4. The summed E-state index contributed by atoms with van der Waals surface area (Å²) in [6.07, 6.45) is 20.9. The first kappa shape index (κ1) is 35.9. The maximum Gasteiger partial charge on any atom is 0.306 e. The Hall–Kier alpha value is -1.08. The van der Waals surface area contributed by atoms with E-state index in [2.05, 4.69) is 26.5 Å². The van der Waals surface area contributed by atoms with Crippen molar-refractivity contribution >= 4 is 30.4 Å². The fourth-order valence-electron chi connectivity index (χ4n) is 4.28. The molecule has 37 heavy (non-hydrogen) atoms. The van der Waals surface area contributed by atoms with E-state index in [0.717, 1.165) is 38.5 Å². The first-order valence-electron chi connectivity index (χ1n) is 15.2. The molecule has 0 aliphatic rings. The van der Waals surface area contributed by atoms with Crippen molar-refractivity contribution in [1.82, 2.24) is 0 Å².